The number of hydrogen-bond acceptors (Lipinski definition) is 2. The summed E-state index contributed by atoms with van der Waals surface area (Å²) in [5.41, 5.74) is 6.61. The lowest BCUT2D eigenvalue weighted by Gasteiger charge is -2.07. The lowest BCUT2D eigenvalue weighted by molar-refractivity contribution is 0.476. The van der Waals surface area contributed by atoms with E-state index in [1.807, 2.05) is 24.3 Å². The van der Waals surface area contributed by atoms with Gasteiger partial charge in [0.15, 0.2) is 0 Å². The lowest BCUT2D eigenvalue weighted by Crippen LogP contribution is -2.02. The van der Waals surface area contributed by atoms with Crippen molar-refractivity contribution in [2.75, 3.05) is 6.54 Å². The van der Waals surface area contributed by atoms with Crippen LogP contribution in [0.4, 0.5) is 4.39 Å². The molecule has 0 aliphatic carbocycles. The summed E-state index contributed by atoms with van der Waals surface area (Å²) in [7, 11) is 0. The van der Waals surface area contributed by atoms with Gasteiger partial charge in [0.2, 0.25) is 0 Å². The number of ether oxygens (including phenoxy) is 1. The Balaban J connectivity index is 0.00000162. The highest BCUT2D eigenvalue weighted by atomic mass is 35.5. The van der Waals surface area contributed by atoms with E-state index < -0.39 is 0 Å². The maximum Gasteiger partial charge on any atom is 0.130 e. The standard InChI is InChI=1S/C14H14FNO.ClH/c15-12-4-2-6-14(10-12)17-13-5-1-3-11(9-13)7-8-16;/h1-6,9-10H,7-8,16H2;1H. The first kappa shape index (κ1) is 14.5. The summed E-state index contributed by atoms with van der Waals surface area (Å²) in [5.74, 6) is 0.886. The van der Waals surface area contributed by atoms with Gasteiger partial charge in [0.25, 0.3) is 0 Å². The van der Waals surface area contributed by atoms with E-state index in [9.17, 15) is 4.39 Å². The normalized spacial score (nSPS) is 9.67. The molecule has 96 valence electrons. The highest BCUT2D eigenvalue weighted by Crippen LogP contribution is 2.22. The average Bonchev–Trinajstić information content (AvgIpc) is 2.30. The zero-order chi connectivity index (χ0) is 12.1. The molecule has 2 aromatic rings. The second-order valence-electron chi connectivity index (χ2n) is 3.75. The minimum Gasteiger partial charge on any atom is -0.457 e. The third-order valence-corrected chi connectivity index (χ3v) is 2.36. The third kappa shape index (κ3) is 4.02. The largest absolute Gasteiger partial charge is 0.457 e. The quantitative estimate of drug-likeness (QED) is 0.920. The van der Waals surface area contributed by atoms with E-state index in [2.05, 4.69) is 0 Å². The van der Waals surface area contributed by atoms with Crippen molar-refractivity contribution in [3.8, 4) is 11.5 Å². The Morgan fingerprint density at radius 1 is 1.00 bits per heavy atom. The molecule has 0 fully saturated rings. The Morgan fingerprint density at radius 2 is 1.67 bits per heavy atom. The van der Waals surface area contributed by atoms with E-state index in [1.54, 1.807) is 12.1 Å². The topological polar surface area (TPSA) is 35.2 Å². The molecule has 18 heavy (non-hydrogen) atoms. The minimum absolute atomic E-state index is 0. The van der Waals surface area contributed by atoms with E-state index in [1.165, 1.54) is 12.1 Å². The molecule has 2 aromatic carbocycles. The predicted octanol–water partition coefficient (Wildman–Crippen LogP) is 3.54. The van der Waals surface area contributed by atoms with E-state index in [-0.39, 0.29) is 18.2 Å². The third-order valence-electron chi connectivity index (χ3n) is 2.36. The summed E-state index contributed by atoms with van der Waals surface area (Å²) in [6.45, 7) is 0.601. The van der Waals surface area contributed by atoms with Gasteiger partial charge < -0.3 is 10.5 Å². The van der Waals surface area contributed by atoms with E-state index in [0.29, 0.717) is 18.0 Å². The first-order valence-corrected chi connectivity index (χ1v) is 5.50. The van der Waals surface area contributed by atoms with Gasteiger partial charge in [-0.15, -0.1) is 12.4 Å². The van der Waals surface area contributed by atoms with Crippen LogP contribution in [0.1, 0.15) is 5.56 Å². The van der Waals surface area contributed by atoms with Gasteiger partial charge in [-0.1, -0.05) is 18.2 Å². The molecular weight excluding hydrogens is 253 g/mol. The molecule has 0 spiro atoms. The fraction of sp³-hybridized carbons (Fsp3) is 0.143. The highest BCUT2D eigenvalue weighted by molar-refractivity contribution is 5.85. The molecule has 0 bridgehead atoms. The van der Waals surface area contributed by atoms with Crippen LogP contribution >= 0.6 is 12.4 Å². The van der Waals surface area contributed by atoms with E-state index in [0.717, 1.165) is 12.0 Å². The van der Waals surface area contributed by atoms with Crippen molar-refractivity contribution in [3.05, 3.63) is 59.9 Å². The molecule has 0 aliphatic rings. The minimum atomic E-state index is -0.305. The van der Waals surface area contributed by atoms with Gasteiger partial charge >= 0.3 is 0 Å². The summed E-state index contributed by atoms with van der Waals surface area (Å²) in [5, 5.41) is 0. The van der Waals surface area contributed by atoms with Crippen LogP contribution in [0.2, 0.25) is 0 Å². The van der Waals surface area contributed by atoms with Crippen molar-refractivity contribution in [2.24, 2.45) is 5.73 Å². The molecule has 2 nitrogen and oxygen atoms in total. The maximum atomic E-state index is 13.0. The van der Waals surface area contributed by atoms with Crippen LogP contribution < -0.4 is 10.5 Å². The molecule has 0 saturated heterocycles. The Labute approximate surface area is 112 Å². The SMILES string of the molecule is Cl.NCCc1cccc(Oc2cccc(F)c2)c1. The first-order chi connectivity index (χ1) is 8.28. The van der Waals surface area contributed by atoms with Crippen LogP contribution in [-0.2, 0) is 6.42 Å². The molecule has 0 heterocycles. The molecule has 0 unspecified atom stereocenters. The highest BCUT2D eigenvalue weighted by Gasteiger charge is 2.00. The maximum absolute atomic E-state index is 13.0. The van der Waals surface area contributed by atoms with Crippen LogP contribution in [0, 0.1) is 5.82 Å². The van der Waals surface area contributed by atoms with Gasteiger partial charge in [-0.3, -0.25) is 0 Å². The summed E-state index contributed by atoms with van der Waals surface area (Å²) in [6.07, 6.45) is 0.806. The van der Waals surface area contributed by atoms with E-state index in [4.69, 9.17) is 10.5 Å². The Hall–Kier alpha value is -1.58. The van der Waals surface area contributed by atoms with Gasteiger partial charge in [0.1, 0.15) is 17.3 Å². The number of benzene rings is 2. The molecule has 0 radical (unpaired) electrons. The molecule has 0 atom stereocenters. The van der Waals surface area contributed by atoms with Crippen LogP contribution in [0.25, 0.3) is 0 Å². The summed E-state index contributed by atoms with van der Waals surface area (Å²) in [4.78, 5) is 0. The van der Waals surface area contributed by atoms with Gasteiger partial charge in [-0.05, 0) is 42.8 Å². The van der Waals surface area contributed by atoms with Gasteiger partial charge in [-0.25, -0.2) is 4.39 Å². The van der Waals surface area contributed by atoms with Crippen molar-refractivity contribution in [2.45, 2.75) is 6.42 Å². The summed E-state index contributed by atoms with van der Waals surface area (Å²) in [6, 6.07) is 13.7. The molecule has 0 aromatic heterocycles. The molecule has 2 rings (SSSR count). The average molecular weight is 268 g/mol. The number of halogens is 2. The Bertz CT molecular complexity index is 505. The Morgan fingerprint density at radius 3 is 2.33 bits per heavy atom. The zero-order valence-electron chi connectivity index (χ0n) is 9.80. The Kier molecular flexibility index (Phi) is 5.62. The molecule has 0 saturated carbocycles. The van der Waals surface area contributed by atoms with Gasteiger partial charge in [0, 0.05) is 6.07 Å². The monoisotopic (exact) mass is 267 g/mol. The number of nitrogens with two attached hydrogens (primary N) is 1. The van der Waals surface area contributed by atoms with Crippen molar-refractivity contribution >= 4 is 12.4 Å². The van der Waals surface area contributed by atoms with Crippen LogP contribution in [0.3, 0.4) is 0 Å². The predicted molar refractivity (Wildman–Crippen MR) is 72.9 cm³/mol. The first-order valence-electron chi connectivity index (χ1n) is 5.50. The molecular formula is C14H15ClFNO. The van der Waals surface area contributed by atoms with Gasteiger partial charge in [-0.2, -0.15) is 0 Å². The molecule has 0 aliphatic heterocycles. The van der Waals surface area contributed by atoms with Crippen molar-refractivity contribution < 1.29 is 9.13 Å². The van der Waals surface area contributed by atoms with Crippen LogP contribution in [0.15, 0.2) is 48.5 Å². The fourth-order valence-corrected chi connectivity index (χ4v) is 1.60. The molecule has 0 amide bonds. The second-order valence-corrected chi connectivity index (χ2v) is 3.75. The number of rotatable bonds is 4. The summed E-state index contributed by atoms with van der Waals surface area (Å²) >= 11 is 0. The lowest BCUT2D eigenvalue weighted by atomic mass is 10.1. The number of hydrogen-bond donors (Lipinski definition) is 1. The van der Waals surface area contributed by atoms with Crippen LogP contribution in [-0.4, -0.2) is 6.54 Å². The van der Waals surface area contributed by atoms with Gasteiger partial charge in [0.05, 0.1) is 0 Å². The van der Waals surface area contributed by atoms with E-state index >= 15 is 0 Å². The molecule has 2 N–H and O–H groups in total. The van der Waals surface area contributed by atoms with Crippen molar-refractivity contribution in [1.82, 2.24) is 0 Å². The fourth-order valence-electron chi connectivity index (χ4n) is 1.60. The summed E-state index contributed by atoms with van der Waals surface area (Å²) < 4.78 is 18.5. The van der Waals surface area contributed by atoms with Crippen molar-refractivity contribution in [1.29, 1.82) is 0 Å². The zero-order valence-corrected chi connectivity index (χ0v) is 10.6. The smallest absolute Gasteiger partial charge is 0.130 e. The van der Waals surface area contributed by atoms with Crippen LogP contribution in [0.5, 0.6) is 11.5 Å². The van der Waals surface area contributed by atoms with Crippen molar-refractivity contribution in [3.63, 3.8) is 0 Å². The second kappa shape index (κ2) is 6.99. The molecule has 4 heteroatoms.